The summed E-state index contributed by atoms with van der Waals surface area (Å²) >= 11 is 0. The number of hydrogen-bond acceptors (Lipinski definition) is 5. The van der Waals surface area contributed by atoms with Crippen LogP contribution in [0.3, 0.4) is 0 Å². The summed E-state index contributed by atoms with van der Waals surface area (Å²) in [5.41, 5.74) is 0. The first kappa shape index (κ1) is 11.4. The quantitative estimate of drug-likeness (QED) is 0.221. The third kappa shape index (κ3) is 3.54. The molecule has 0 aromatic carbocycles. The maximum Gasteiger partial charge on any atom is 0.368 e. The number of hydrogen-bond donors (Lipinski definition) is 3. The van der Waals surface area contributed by atoms with Crippen LogP contribution in [0.4, 0.5) is 0 Å². The van der Waals surface area contributed by atoms with Gasteiger partial charge in [0.15, 0.2) is 0 Å². The SMILES string of the molecule is C=COOC(O)(CC(=O)O)C(=O)O. The summed E-state index contributed by atoms with van der Waals surface area (Å²) in [7, 11) is 0. The molecule has 0 fully saturated rings. The fraction of sp³-hybridized carbons (Fsp3) is 0.333. The minimum absolute atomic E-state index is 0.704. The van der Waals surface area contributed by atoms with Crippen LogP contribution in [0.5, 0.6) is 0 Å². The Bertz CT molecular complexity index is 223. The van der Waals surface area contributed by atoms with Crippen molar-refractivity contribution in [1.82, 2.24) is 0 Å². The van der Waals surface area contributed by atoms with E-state index in [2.05, 4.69) is 16.4 Å². The van der Waals surface area contributed by atoms with E-state index in [-0.39, 0.29) is 0 Å². The molecule has 7 heteroatoms. The largest absolute Gasteiger partial charge is 0.481 e. The number of carboxylic acids is 2. The predicted molar refractivity (Wildman–Crippen MR) is 37.2 cm³/mol. The molecule has 0 aromatic rings. The Kier molecular flexibility index (Phi) is 3.89. The van der Waals surface area contributed by atoms with Gasteiger partial charge in [0.25, 0.3) is 0 Å². The highest BCUT2D eigenvalue weighted by Gasteiger charge is 2.42. The van der Waals surface area contributed by atoms with Crippen molar-refractivity contribution in [3.63, 3.8) is 0 Å². The van der Waals surface area contributed by atoms with Crippen molar-refractivity contribution in [1.29, 1.82) is 0 Å². The van der Waals surface area contributed by atoms with Gasteiger partial charge in [-0.1, -0.05) is 6.58 Å². The highest BCUT2D eigenvalue weighted by Crippen LogP contribution is 2.13. The molecular formula is C6H8O7. The van der Waals surface area contributed by atoms with E-state index in [1.807, 2.05) is 0 Å². The molecule has 0 aliphatic carbocycles. The molecule has 0 heterocycles. The van der Waals surface area contributed by atoms with E-state index in [0.29, 0.717) is 6.26 Å². The van der Waals surface area contributed by atoms with Crippen LogP contribution in [0.1, 0.15) is 6.42 Å². The van der Waals surface area contributed by atoms with E-state index in [1.165, 1.54) is 0 Å². The molecule has 0 saturated heterocycles. The van der Waals surface area contributed by atoms with Gasteiger partial charge in [-0.3, -0.25) is 4.79 Å². The monoisotopic (exact) mass is 192 g/mol. The number of carbonyl (C=O) groups is 2. The van der Waals surface area contributed by atoms with Crippen molar-refractivity contribution in [2.24, 2.45) is 0 Å². The standard InChI is InChI=1S/C6H8O7/c1-2-12-13-6(11,5(9)10)3-4(7)8/h2,11H,1,3H2,(H,7,8)(H,9,10). The molecule has 0 amide bonds. The zero-order valence-corrected chi connectivity index (χ0v) is 6.47. The van der Waals surface area contributed by atoms with Gasteiger partial charge in [-0.2, -0.15) is 0 Å². The predicted octanol–water partition coefficient (Wildman–Crippen LogP) is -0.674. The van der Waals surface area contributed by atoms with Gasteiger partial charge in [0.05, 0.1) is 0 Å². The second kappa shape index (κ2) is 4.43. The summed E-state index contributed by atoms with van der Waals surface area (Å²) in [5.74, 6) is -6.31. The Morgan fingerprint density at radius 3 is 2.31 bits per heavy atom. The molecule has 1 unspecified atom stereocenters. The minimum Gasteiger partial charge on any atom is -0.481 e. The van der Waals surface area contributed by atoms with Gasteiger partial charge in [-0.05, 0) is 0 Å². The summed E-state index contributed by atoms with van der Waals surface area (Å²) in [6.07, 6.45) is -0.439. The first-order valence-electron chi connectivity index (χ1n) is 3.05. The average Bonchev–Trinajstić information content (AvgIpc) is 1.99. The van der Waals surface area contributed by atoms with Crippen molar-refractivity contribution in [2.75, 3.05) is 0 Å². The Hall–Kier alpha value is -1.60. The smallest absolute Gasteiger partial charge is 0.368 e. The fourth-order valence-corrected chi connectivity index (χ4v) is 0.459. The van der Waals surface area contributed by atoms with Crippen molar-refractivity contribution in [3.05, 3.63) is 12.8 Å². The molecule has 3 N–H and O–H groups in total. The van der Waals surface area contributed by atoms with Crippen molar-refractivity contribution in [3.8, 4) is 0 Å². The molecule has 0 aliphatic heterocycles. The fourth-order valence-electron chi connectivity index (χ4n) is 0.459. The molecule has 1 atom stereocenters. The second-order valence-corrected chi connectivity index (χ2v) is 2.01. The van der Waals surface area contributed by atoms with Gasteiger partial charge in [0.1, 0.15) is 12.7 Å². The van der Waals surface area contributed by atoms with Gasteiger partial charge in [-0.25, -0.2) is 4.79 Å². The normalized spacial score (nSPS) is 14.2. The lowest BCUT2D eigenvalue weighted by molar-refractivity contribution is -0.379. The maximum atomic E-state index is 10.3. The summed E-state index contributed by atoms with van der Waals surface area (Å²) in [4.78, 5) is 28.2. The molecule has 0 saturated carbocycles. The van der Waals surface area contributed by atoms with Crippen LogP contribution in [0.25, 0.3) is 0 Å². The highest BCUT2D eigenvalue weighted by molar-refractivity contribution is 5.81. The number of aliphatic carboxylic acids is 2. The van der Waals surface area contributed by atoms with Crippen LogP contribution in [0.15, 0.2) is 12.8 Å². The third-order valence-electron chi connectivity index (χ3n) is 0.979. The number of aliphatic hydroxyl groups is 1. The van der Waals surface area contributed by atoms with Crippen LogP contribution < -0.4 is 0 Å². The Balaban J connectivity index is 4.42. The molecule has 0 spiro atoms. The zero-order chi connectivity index (χ0) is 10.5. The van der Waals surface area contributed by atoms with E-state index >= 15 is 0 Å². The minimum atomic E-state index is -2.90. The van der Waals surface area contributed by atoms with Crippen molar-refractivity contribution in [2.45, 2.75) is 12.2 Å². The molecule has 74 valence electrons. The van der Waals surface area contributed by atoms with Crippen molar-refractivity contribution < 1.29 is 34.7 Å². The van der Waals surface area contributed by atoms with Gasteiger partial charge < -0.3 is 20.2 Å². The van der Waals surface area contributed by atoms with Crippen LogP contribution in [0.2, 0.25) is 0 Å². The van der Waals surface area contributed by atoms with Gasteiger partial charge in [-0.15, -0.1) is 4.89 Å². The lowest BCUT2D eigenvalue weighted by Crippen LogP contribution is -2.43. The molecule has 0 rings (SSSR count). The first-order chi connectivity index (χ1) is 5.92. The molecule has 0 aliphatic rings. The van der Waals surface area contributed by atoms with Gasteiger partial charge in [0, 0.05) is 0 Å². The average molecular weight is 192 g/mol. The molecule has 0 bridgehead atoms. The lowest BCUT2D eigenvalue weighted by Gasteiger charge is -2.18. The van der Waals surface area contributed by atoms with E-state index < -0.39 is 24.1 Å². The van der Waals surface area contributed by atoms with Crippen LogP contribution in [-0.4, -0.2) is 33.0 Å². The second-order valence-electron chi connectivity index (χ2n) is 2.01. The van der Waals surface area contributed by atoms with Crippen LogP contribution >= 0.6 is 0 Å². The Morgan fingerprint density at radius 1 is 1.46 bits per heavy atom. The first-order valence-corrected chi connectivity index (χ1v) is 3.05. The Morgan fingerprint density at radius 2 is 2.00 bits per heavy atom. The maximum absolute atomic E-state index is 10.3. The zero-order valence-electron chi connectivity index (χ0n) is 6.47. The number of rotatable bonds is 6. The summed E-state index contributed by atoms with van der Waals surface area (Å²) in [5, 5.41) is 25.6. The Labute approximate surface area is 72.7 Å². The molecule has 7 nitrogen and oxygen atoms in total. The highest BCUT2D eigenvalue weighted by atomic mass is 17.2. The number of carboxylic acid groups (broad SMARTS) is 2. The topological polar surface area (TPSA) is 113 Å². The van der Waals surface area contributed by atoms with E-state index in [9.17, 15) is 9.59 Å². The molecular weight excluding hydrogens is 184 g/mol. The molecule has 0 radical (unpaired) electrons. The molecule has 13 heavy (non-hydrogen) atoms. The summed E-state index contributed by atoms with van der Waals surface area (Å²) < 4.78 is 0. The van der Waals surface area contributed by atoms with E-state index in [4.69, 9.17) is 15.3 Å². The van der Waals surface area contributed by atoms with Gasteiger partial charge in [0.2, 0.25) is 0 Å². The van der Waals surface area contributed by atoms with Crippen LogP contribution in [-0.2, 0) is 19.4 Å². The molecule has 0 aromatic heterocycles. The van der Waals surface area contributed by atoms with E-state index in [1.54, 1.807) is 0 Å². The summed E-state index contributed by atoms with van der Waals surface area (Å²) in [6.45, 7) is 3.00. The summed E-state index contributed by atoms with van der Waals surface area (Å²) in [6, 6.07) is 0. The van der Waals surface area contributed by atoms with E-state index in [0.717, 1.165) is 0 Å². The van der Waals surface area contributed by atoms with Gasteiger partial charge >= 0.3 is 17.7 Å². The lowest BCUT2D eigenvalue weighted by atomic mass is 10.2. The third-order valence-corrected chi connectivity index (χ3v) is 0.979. The van der Waals surface area contributed by atoms with Crippen LogP contribution in [0, 0.1) is 0 Å². The van der Waals surface area contributed by atoms with Crippen molar-refractivity contribution >= 4 is 11.9 Å².